The van der Waals surface area contributed by atoms with Gasteiger partial charge in [0.2, 0.25) is 5.91 Å². The van der Waals surface area contributed by atoms with Crippen molar-refractivity contribution in [2.75, 3.05) is 37.3 Å². The molecule has 1 saturated carbocycles. The lowest BCUT2D eigenvalue weighted by atomic mass is 9.88. The number of carbonyl (C=O) groups is 1. The van der Waals surface area contributed by atoms with Crippen LogP contribution >= 0.6 is 0 Å². The molecule has 2 aromatic rings. The highest BCUT2D eigenvalue weighted by atomic mass is 16.2. The van der Waals surface area contributed by atoms with E-state index in [-0.39, 0.29) is 17.5 Å². The molecule has 0 aromatic carbocycles. The van der Waals surface area contributed by atoms with Gasteiger partial charge in [-0.15, -0.1) is 0 Å². The quantitative estimate of drug-likeness (QED) is 0.479. The van der Waals surface area contributed by atoms with Crippen molar-refractivity contribution in [2.45, 2.75) is 18.9 Å². The van der Waals surface area contributed by atoms with Gasteiger partial charge in [0.1, 0.15) is 11.5 Å². The molecule has 1 saturated heterocycles. The van der Waals surface area contributed by atoms with Gasteiger partial charge in [0.15, 0.2) is 0 Å². The SMILES string of the molecule is CNc1cncc(-c2c[nH]c(=O)c(NC(C3CC3)C3CN(C(=O)/C=C/CN)C3)c2)n1. The van der Waals surface area contributed by atoms with Gasteiger partial charge in [-0.1, -0.05) is 6.08 Å². The smallest absolute Gasteiger partial charge is 0.271 e. The molecule has 3 heterocycles. The van der Waals surface area contributed by atoms with Gasteiger partial charge < -0.3 is 26.3 Å². The summed E-state index contributed by atoms with van der Waals surface area (Å²) in [6.45, 7) is 1.74. The molecule has 2 aromatic heterocycles. The number of nitrogens with two attached hydrogens (primary N) is 1. The molecule has 0 bridgehead atoms. The lowest BCUT2D eigenvalue weighted by molar-refractivity contribution is -0.132. The number of pyridine rings is 1. The van der Waals surface area contributed by atoms with Crippen molar-refractivity contribution in [1.82, 2.24) is 19.9 Å². The van der Waals surface area contributed by atoms with E-state index >= 15 is 0 Å². The van der Waals surface area contributed by atoms with Crippen LogP contribution in [0.3, 0.4) is 0 Å². The molecule has 2 aliphatic rings. The third-order valence-electron chi connectivity index (χ3n) is 5.67. The Morgan fingerprint density at radius 1 is 1.37 bits per heavy atom. The number of likely N-dealkylation sites (tertiary alicyclic amines) is 1. The van der Waals surface area contributed by atoms with E-state index in [2.05, 4.69) is 25.6 Å². The largest absolute Gasteiger partial charge is 0.377 e. The number of anilines is 2. The van der Waals surface area contributed by atoms with Gasteiger partial charge in [-0.05, 0) is 24.8 Å². The first-order valence-electron chi connectivity index (χ1n) is 10.2. The summed E-state index contributed by atoms with van der Waals surface area (Å²) in [6.07, 6.45) is 10.4. The molecule has 9 nitrogen and oxygen atoms in total. The molecule has 1 amide bonds. The van der Waals surface area contributed by atoms with Crippen LogP contribution in [0.25, 0.3) is 11.3 Å². The van der Waals surface area contributed by atoms with E-state index < -0.39 is 0 Å². The lowest BCUT2D eigenvalue weighted by Crippen LogP contribution is -2.56. The highest BCUT2D eigenvalue weighted by Crippen LogP contribution is 2.40. The molecule has 1 aliphatic heterocycles. The van der Waals surface area contributed by atoms with Crippen LogP contribution in [0.15, 0.2) is 41.6 Å². The average Bonchev–Trinajstić information content (AvgIpc) is 3.57. The number of hydrogen-bond acceptors (Lipinski definition) is 7. The fourth-order valence-electron chi connectivity index (χ4n) is 3.81. The van der Waals surface area contributed by atoms with Crippen LogP contribution in [0.2, 0.25) is 0 Å². The number of hydrogen-bond donors (Lipinski definition) is 4. The fraction of sp³-hybridized carbons (Fsp3) is 0.429. The minimum atomic E-state index is -0.166. The Labute approximate surface area is 174 Å². The summed E-state index contributed by atoms with van der Waals surface area (Å²) < 4.78 is 0. The predicted molar refractivity (Wildman–Crippen MR) is 116 cm³/mol. The highest BCUT2D eigenvalue weighted by molar-refractivity contribution is 5.88. The standard InChI is InChI=1S/C21H27N7O2/c1-23-18-10-24-9-17(26-18)14-7-16(21(30)25-8-14)27-20(13-4-5-13)15-11-28(12-15)19(29)3-2-6-22/h2-3,7-10,13,15,20,27H,4-6,11-12,22H2,1H3,(H,23,26)(H,25,30)/b3-2+. The van der Waals surface area contributed by atoms with Gasteiger partial charge in [-0.3, -0.25) is 14.6 Å². The molecular formula is C21H27N7O2. The minimum absolute atomic E-state index is 0.00548. The maximum absolute atomic E-state index is 12.5. The monoisotopic (exact) mass is 409 g/mol. The number of aromatic nitrogens is 3. The fourth-order valence-corrected chi connectivity index (χ4v) is 3.81. The topological polar surface area (TPSA) is 129 Å². The minimum Gasteiger partial charge on any atom is -0.377 e. The average molecular weight is 409 g/mol. The maximum atomic E-state index is 12.5. The van der Waals surface area contributed by atoms with Crippen LogP contribution in [0.4, 0.5) is 11.5 Å². The Balaban J connectivity index is 1.49. The van der Waals surface area contributed by atoms with Crippen molar-refractivity contribution >= 4 is 17.4 Å². The van der Waals surface area contributed by atoms with E-state index in [1.54, 1.807) is 31.7 Å². The summed E-state index contributed by atoms with van der Waals surface area (Å²) in [6, 6.07) is 1.99. The Kier molecular flexibility index (Phi) is 5.80. The summed E-state index contributed by atoms with van der Waals surface area (Å²) in [5, 5.41) is 6.44. The van der Waals surface area contributed by atoms with Crippen molar-refractivity contribution in [3.8, 4) is 11.3 Å². The zero-order chi connectivity index (χ0) is 21.1. The normalized spacial score (nSPS) is 17.6. The molecule has 0 radical (unpaired) electrons. The van der Waals surface area contributed by atoms with Crippen LogP contribution < -0.4 is 21.9 Å². The number of aromatic amines is 1. The Hall–Kier alpha value is -3.20. The van der Waals surface area contributed by atoms with E-state index in [1.807, 2.05) is 11.0 Å². The van der Waals surface area contributed by atoms with Crippen LogP contribution in [0.1, 0.15) is 12.8 Å². The molecule has 30 heavy (non-hydrogen) atoms. The molecule has 158 valence electrons. The maximum Gasteiger partial charge on any atom is 0.271 e. The first-order chi connectivity index (χ1) is 14.6. The van der Waals surface area contributed by atoms with Crippen molar-refractivity contribution in [3.63, 3.8) is 0 Å². The second kappa shape index (κ2) is 8.66. The van der Waals surface area contributed by atoms with Crippen molar-refractivity contribution < 1.29 is 4.79 Å². The van der Waals surface area contributed by atoms with Gasteiger partial charge in [-0.2, -0.15) is 0 Å². The second-order valence-corrected chi connectivity index (χ2v) is 7.82. The number of rotatable bonds is 8. The van der Waals surface area contributed by atoms with Gasteiger partial charge in [-0.25, -0.2) is 4.98 Å². The number of amides is 1. The Bertz CT molecular complexity index is 993. The summed E-state index contributed by atoms with van der Waals surface area (Å²) >= 11 is 0. The first-order valence-corrected chi connectivity index (χ1v) is 10.2. The van der Waals surface area contributed by atoms with E-state index in [4.69, 9.17) is 5.73 Å². The summed E-state index contributed by atoms with van der Waals surface area (Å²) in [7, 11) is 1.78. The molecule has 0 spiro atoms. The van der Waals surface area contributed by atoms with Crippen molar-refractivity contribution in [3.05, 3.63) is 47.2 Å². The lowest BCUT2D eigenvalue weighted by Gasteiger charge is -2.43. The van der Waals surface area contributed by atoms with Crippen molar-refractivity contribution in [1.29, 1.82) is 0 Å². The van der Waals surface area contributed by atoms with Crippen LogP contribution in [0, 0.1) is 11.8 Å². The number of nitrogens with zero attached hydrogens (tertiary/aromatic N) is 3. The van der Waals surface area contributed by atoms with E-state index in [1.165, 1.54) is 6.08 Å². The van der Waals surface area contributed by atoms with Crippen LogP contribution in [-0.4, -0.2) is 58.5 Å². The second-order valence-electron chi connectivity index (χ2n) is 7.82. The molecule has 5 N–H and O–H groups in total. The molecule has 2 fully saturated rings. The third kappa shape index (κ3) is 4.35. The van der Waals surface area contributed by atoms with E-state index in [0.29, 0.717) is 48.7 Å². The Morgan fingerprint density at radius 2 is 2.17 bits per heavy atom. The molecular weight excluding hydrogens is 382 g/mol. The summed E-state index contributed by atoms with van der Waals surface area (Å²) in [5.41, 5.74) is 7.24. The first kappa shape index (κ1) is 20.1. The van der Waals surface area contributed by atoms with E-state index in [0.717, 1.165) is 18.4 Å². The third-order valence-corrected chi connectivity index (χ3v) is 5.67. The number of nitrogens with one attached hydrogen (secondary N) is 3. The molecule has 4 rings (SSSR count). The van der Waals surface area contributed by atoms with Gasteiger partial charge >= 0.3 is 0 Å². The van der Waals surface area contributed by atoms with Crippen LogP contribution in [0.5, 0.6) is 0 Å². The molecule has 1 atom stereocenters. The zero-order valence-electron chi connectivity index (χ0n) is 17.0. The summed E-state index contributed by atoms with van der Waals surface area (Å²) in [4.78, 5) is 37.9. The van der Waals surface area contributed by atoms with Crippen molar-refractivity contribution in [2.24, 2.45) is 17.6 Å². The number of H-pyrrole nitrogens is 1. The Morgan fingerprint density at radius 3 is 2.87 bits per heavy atom. The van der Waals surface area contributed by atoms with Gasteiger partial charge in [0.05, 0.1) is 18.1 Å². The van der Waals surface area contributed by atoms with Crippen LogP contribution in [-0.2, 0) is 4.79 Å². The molecule has 1 unspecified atom stereocenters. The molecule has 9 heteroatoms. The highest BCUT2D eigenvalue weighted by Gasteiger charge is 2.43. The molecule has 1 aliphatic carbocycles. The summed E-state index contributed by atoms with van der Waals surface area (Å²) in [5.74, 6) is 1.51. The zero-order valence-corrected chi connectivity index (χ0v) is 17.0. The number of carbonyl (C=O) groups excluding carboxylic acids is 1. The predicted octanol–water partition coefficient (Wildman–Crippen LogP) is 1.04. The van der Waals surface area contributed by atoms with Gasteiger partial charge in [0, 0.05) is 56.5 Å². The van der Waals surface area contributed by atoms with Gasteiger partial charge in [0.25, 0.3) is 5.56 Å². The van der Waals surface area contributed by atoms with E-state index in [9.17, 15) is 9.59 Å².